The Morgan fingerprint density at radius 3 is 1.67 bits per heavy atom. The second kappa shape index (κ2) is 12.7. The molecule has 0 radical (unpaired) electrons. The third kappa shape index (κ3) is 8.38. The van der Waals surface area contributed by atoms with E-state index in [2.05, 4.69) is 13.8 Å². The molecular formula is C19H38OS. The molecule has 1 rings (SSSR count). The van der Waals surface area contributed by atoms with Crippen LogP contribution in [0.25, 0.3) is 0 Å². The average Bonchev–Trinajstić information content (AvgIpc) is 2.83. The average molecular weight is 315 g/mol. The van der Waals surface area contributed by atoms with Crippen LogP contribution in [0, 0.1) is 0 Å². The van der Waals surface area contributed by atoms with Crippen LogP contribution in [0.4, 0.5) is 0 Å². The number of hydrogen-bond acceptors (Lipinski definition) is 1. The topological polar surface area (TPSA) is 17.1 Å². The molecule has 0 spiro atoms. The monoisotopic (exact) mass is 314 g/mol. The van der Waals surface area contributed by atoms with Crippen LogP contribution < -0.4 is 0 Å². The van der Waals surface area contributed by atoms with Gasteiger partial charge in [-0.25, -0.2) is 0 Å². The fourth-order valence-electron chi connectivity index (χ4n) is 3.58. The highest BCUT2D eigenvalue weighted by Crippen LogP contribution is 2.30. The maximum Gasteiger partial charge on any atom is 0.0351 e. The summed E-state index contributed by atoms with van der Waals surface area (Å²) in [6.07, 6.45) is 20.0. The van der Waals surface area contributed by atoms with Gasteiger partial charge in [0.25, 0.3) is 0 Å². The van der Waals surface area contributed by atoms with E-state index < -0.39 is 10.8 Å². The van der Waals surface area contributed by atoms with Crippen LogP contribution in [0.2, 0.25) is 0 Å². The molecule has 1 aliphatic heterocycles. The van der Waals surface area contributed by atoms with Crippen molar-refractivity contribution in [2.75, 3.05) is 0 Å². The molecule has 1 fully saturated rings. The van der Waals surface area contributed by atoms with E-state index in [4.69, 9.17) is 0 Å². The van der Waals surface area contributed by atoms with Crippen LogP contribution in [0.1, 0.15) is 110 Å². The van der Waals surface area contributed by atoms with E-state index in [1.54, 1.807) is 0 Å². The van der Waals surface area contributed by atoms with Crippen molar-refractivity contribution in [3.63, 3.8) is 0 Å². The molecule has 1 nitrogen and oxygen atoms in total. The van der Waals surface area contributed by atoms with Gasteiger partial charge < -0.3 is 0 Å². The minimum atomic E-state index is -0.512. The molecule has 0 aromatic heterocycles. The Balaban J connectivity index is 1.90. The Labute approximate surface area is 136 Å². The third-order valence-electron chi connectivity index (χ3n) is 4.96. The van der Waals surface area contributed by atoms with E-state index in [1.807, 2.05) is 0 Å². The molecule has 3 atom stereocenters. The zero-order chi connectivity index (χ0) is 15.3. The minimum Gasteiger partial charge on any atom is -0.259 e. The molecule has 3 unspecified atom stereocenters. The second-order valence-electron chi connectivity index (χ2n) is 6.91. The lowest BCUT2D eigenvalue weighted by molar-refractivity contribution is 0.542. The SMILES string of the molecule is CCCCCCCCCCCCC1CCC(CCC)S1=O. The highest BCUT2D eigenvalue weighted by Gasteiger charge is 2.31. The Hall–Kier alpha value is 0.150. The summed E-state index contributed by atoms with van der Waals surface area (Å²) in [5.41, 5.74) is 0. The number of rotatable bonds is 13. The minimum absolute atomic E-state index is 0.512. The van der Waals surface area contributed by atoms with Gasteiger partial charge in [0.05, 0.1) is 0 Å². The first-order valence-electron chi connectivity index (χ1n) is 9.69. The van der Waals surface area contributed by atoms with Crippen LogP contribution in [0.3, 0.4) is 0 Å². The fraction of sp³-hybridized carbons (Fsp3) is 1.00. The summed E-state index contributed by atoms with van der Waals surface area (Å²) in [5.74, 6) is 0. The van der Waals surface area contributed by atoms with Crippen molar-refractivity contribution >= 4 is 10.8 Å². The molecule has 126 valence electrons. The van der Waals surface area contributed by atoms with Gasteiger partial charge in [0.2, 0.25) is 0 Å². The molecule has 2 heteroatoms. The van der Waals surface area contributed by atoms with Gasteiger partial charge in [0.1, 0.15) is 0 Å². The Morgan fingerprint density at radius 2 is 1.14 bits per heavy atom. The number of hydrogen-bond donors (Lipinski definition) is 0. The Bertz CT molecular complexity index is 264. The van der Waals surface area contributed by atoms with E-state index >= 15 is 0 Å². The molecule has 1 heterocycles. The van der Waals surface area contributed by atoms with Gasteiger partial charge in [0, 0.05) is 21.3 Å². The standard InChI is InChI=1S/C19H38OS/c1-3-5-6-7-8-9-10-11-12-13-15-19-17-16-18(14-4-2)21(19)20/h18-19H,3-17H2,1-2H3. The van der Waals surface area contributed by atoms with Crippen molar-refractivity contribution in [2.24, 2.45) is 0 Å². The lowest BCUT2D eigenvalue weighted by Crippen LogP contribution is -2.15. The van der Waals surface area contributed by atoms with Crippen molar-refractivity contribution < 1.29 is 4.21 Å². The zero-order valence-corrected chi connectivity index (χ0v) is 15.4. The van der Waals surface area contributed by atoms with E-state index in [-0.39, 0.29) is 0 Å². The lowest BCUT2D eigenvalue weighted by atomic mass is 10.0. The van der Waals surface area contributed by atoms with E-state index in [0.717, 1.165) is 0 Å². The van der Waals surface area contributed by atoms with Crippen LogP contribution in [0.15, 0.2) is 0 Å². The number of unbranched alkanes of at least 4 members (excludes halogenated alkanes) is 9. The first-order chi connectivity index (χ1) is 10.3. The summed E-state index contributed by atoms with van der Waals surface area (Å²) in [6.45, 7) is 4.49. The zero-order valence-electron chi connectivity index (χ0n) is 14.6. The molecule has 0 amide bonds. The summed E-state index contributed by atoms with van der Waals surface area (Å²) < 4.78 is 12.3. The molecule has 0 aliphatic carbocycles. The van der Waals surface area contributed by atoms with Gasteiger partial charge in [-0.15, -0.1) is 0 Å². The molecule has 0 aromatic carbocycles. The summed E-state index contributed by atoms with van der Waals surface area (Å²) >= 11 is 0. The predicted octanol–water partition coefficient (Wildman–Crippen LogP) is 6.38. The first kappa shape index (κ1) is 19.2. The quantitative estimate of drug-likeness (QED) is 0.361. The van der Waals surface area contributed by atoms with Crippen molar-refractivity contribution in [1.82, 2.24) is 0 Å². The molecule has 0 bridgehead atoms. The fourth-order valence-corrected chi connectivity index (χ4v) is 5.73. The summed E-state index contributed by atoms with van der Waals surface area (Å²) in [4.78, 5) is 0. The molecule has 0 aromatic rings. The van der Waals surface area contributed by atoms with Gasteiger partial charge in [-0.2, -0.15) is 0 Å². The van der Waals surface area contributed by atoms with Gasteiger partial charge >= 0.3 is 0 Å². The van der Waals surface area contributed by atoms with Crippen LogP contribution >= 0.6 is 0 Å². The maximum absolute atomic E-state index is 12.3. The van der Waals surface area contributed by atoms with Crippen LogP contribution in [0.5, 0.6) is 0 Å². The van der Waals surface area contributed by atoms with Gasteiger partial charge in [-0.3, -0.25) is 4.21 Å². The predicted molar refractivity (Wildman–Crippen MR) is 96.3 cm³/mol. The van der Waals surface area contributed by atoms with Crippen LogP contribution in [-0.4, -0.2) is 14.7 Å². The first-order valence-corrected chi connectivity index (χ1v) is 11.0. The lowest BCUT2D eigenvalue weighted by Gasteiger charge is -2.11. The maximum atomic E-state index is 12.3. The van der Waals surface area contributed by atoms with E-state index in [1.165, 1.54) is 96.3 Å². The van der Waals surface area contributed by atoms with E-state index in [0.29, 0.717) is 10.5 Å². The summed E-state index contributed by atoms with van der Waals surface area (Å²) in [7, 11) is -0.512. The van der Waals surface area contributed by atoms with Crippen molar-refractivity contribution in [3.05, 3.63) is 0 Å². The molecular weight excluding hydrogens is 276 g/mol. The van der Waals surface area contributed by atoms with Gasteiger partial charge in [-0.1, -0.05) is 84.5 Å². The van der Waals surface area contributed by atoms with Crippen molar-refractivity contribution in [1.29, 1.82) is 0 Å². The Morgan fingerprint density at radius 1 is 0.667 bits per heavy atom. The van der Waals surface area contributed by atoms with Crippen molar-refractivity contribution in [3.8, 4) is 0 Å². The Kier molecular flexibility index (Phi) is 11.6. The van der Waals surface area contributed by atoms with Crippen LogP contribution in [-0.2, 0) is 10.8 Å². The largest absolute Gasteiger partial charge is 0.259 e. The molecule has 1 saturated heterocycles. The third-order valence-corrected chi connectivity index (χ3v) is 7.21. The molecule has 0 N–H and O–H groups in total. The second-order valence-corrected chi connectivity index (χ2v) is 8.90. The normalized spacial score (nSPS) is 25.5. The highest BCUT2D eigenvalue weighted by molar-refractivity contribution is 7.86. The smallest absolute Gasteiger partial charge is 0.0351 e. The van der Waals surface area contributed by atoms with Crippen molar-refractivity contribution in [2.45, 2.75) is 121 Å². The highest BCUT2D eigenvalue weighted by atomic mass is 32.2. The van der Waals surface area contributed by atoms with Gasteiger partial charge in [0.15, 0.2) is 0 Å². The molecule has 21 heavy (non-hydrogen) atoms. The summed E-state index contributed by atoms with van der Waals surface area (Å²) in [6, 6.07) is 0. The summed E-state index contributed by atoms with van der Waals surface area (Å²) in [5, 5.41) is 1.07. The van der Waals surface area contributed by atoms with E-state index in [9.17, 15) is 4.21 Å². The molecule has 1 aliphatic rings. The molecule has 0 saturated carbocycles. The van der Waals surface area contributed by atoms with Gasteiger partial charge in [-0.05, 0) is 25.7 Å².